The molecule has 2 aromatic carbocycles. The van der Waals surface area contributed by atoms with Gasteiger partial charge in [-0.2, -0.15) is 0 Å². The SMILES string of the molecule is Fc1ccc2cc(-c3ccccc3)[s+](C(F)(F)F)c2c1.[Br-]. The lowest BCUT2D eigenvalue weighted by atomic mass is 10.1. The molecule has 3 rings (SSSR count). The second kappa shape index (κ2) is 5.77. The minimum absolute atomic E-state index is 0. The van der Waals surface area contributed by atoms with E-state index in [1.165, 1.54) is 18.2 Å². The molecule has 0 N–H and O–H groups in total. The lowest BCUT2D eigenvalue weighted by Gasteiger charge is -2.00. The van der Waals surface area contributed by atoms with E-state index in [9.17, 15) is 17.6 Å². The summed E-state index contributed by atoms with van der Waals surface area (Å²) in [5.41, 5.74) is -3.90. The molecule has 6 heteroatoms. The standard InChI is InChI=1S/C15H9F4S.BrH/c16-12-7-6-11-8-13(10-4-2-1-3-5-10)20(14(11)9-12)15(17,18)19;/h1-9H;1H/q+1;/p-1. The average Bonchev–Trinajstić information content (AvgIpc) is 2.78. The fraction of sp³-hybridized carbons (Fsp3) is 0.0667. The molecule has 0 saturated heterocycles. The van der Waals surface area contributed by atoms with Gasteiger partial charge in [0.2, 0.25) is 0 Å². The van der Waals surface area contributed by atoms with Crippen molar-refractivity contribution in [2.75, 3.05) is 0 Å². The van der Waals surface area contributed by atoms with Gasteiger partial charge in [0, 0.05) is 23.1 Å². The summed E-state index contributed by atoms with van der Waals surface area (Å²) in [7, 11) is -2.10. The van der Waals surface area contributed by atoms with Crippen molar-refractivity contribution < 1.29 is 34.5 Å². The Morgan fingerprint density at radius 1 is 0.857 bits per heavy atom. The number of rotatable bonds is 1. The van der Waals surface area contributed by atoms with Gasteiger partial charge in [0.05, 0.1) is 0 Å². The van der Waals surface area contributed by atoms with Gasteiger partial charge in [-0.25, -0.2) is 4.39 Å². The van der Waals surface area contributed by atoms with E-state index in [1.807, 2.05) is 0 Å². The molecule has 1 unspecified atom stereocenters. The Morgan fingerprint density at radius 2 is 1.52 bits per heavy atom. The summed E-state index contributed by atoms with van der Waals surface area (Å²) in [6.45, 7) is 0. The molecule has 0 nitrogen and oxygen atoms in total. The normalized spacial score (nSPS) is 12.3. The predicted octanol–water partition coefficient (Wildman–Crippen LogP) is 2.88. The van der Waals surface area contributed by atoms with Crippen molar-refractivity contribution in [3.63, 3.8) is 0 Å². The van der Waals surface area contributed by atoms with Crippen LogP contribution in [0.3, 0.4) is 0 Å². The van der Waals surface area contributed by atoms with Gasteiger partial charge in [-0.05, 0) is 24.3 Å². The molecule has 0 aliphatic heterocycles. The Morgan fingerprint density at radius 3 is 2.14 bits per heavy atom. The molecule has 0 amide bonds. The highest BCUT2D eigenvalue weighted by molar-refractivity contribution is 7.41. The van der Waals surface area contributed by atoms with Crippen LogP contribution in [0.1, 0.15) is 0 Å². The number of alkyl halides is 3. The Labute approximate surface area is 131 Å². The maximum Gasteiger partial charge on any atom is 0.601 e. The van der Waals surface area contributed by atoms with E-state index < -0.39 is 21.8 Å². The van der Waals surface area contributed by atoms with Crippen molar-refractivity contribution in [2.24, 2.45) is 0 Å². The van der Waals surface area contributed by atoms with Crippen molar-refractivity contribution in [2.45, 2.75) is 5.51 Å². The van der Waals surface area contributed by atoms with Crippen LogP contribution in [0.2, 0.25) is 0 Å². The fourth-order valence-electron chi connectivity index (χ4n) is 2.18. The number of hydrogen-bond donors (Lipinski definition) is 0. The van der Waals surface area contributed by atoms with Crippen LogP contribution in [0, 0.1) is 5.82 Å². The zero-order valence-electron chi connectivity index (χ0n) is 10.5. The third-order valence-corrected chi connectivity index (χ3v) is 5.04. The summed E-state index contributed by atoms with van der Waals surface area (Å²) in [5.74, 6) is -0.645. The summed E-state index contributed by atoms with van der Waals surface area (Å²) < 4.78 is 53.3. The third kappa shape index (κ3) is 2.96. The minimum atomic E-state index is -4.42. The van der Waals surface area contributed by atoms with Crippen LogP contribution in [0.4, 0.5) is 17.6 Å². The van der Waals surface area contributed by atoms with Crippen LogP contribution in [0.15, 0.2) is 54.6 Å². The molecule has 0 radical (unpaired) electrons. The van der Waals surface area contributed by atoms with Crippen LogP contribution in [-0.4, -0.2) is 0 Å². The van der Waals surface area contributed by atoms with Gasteiger partial charge in [-0.1, -0.05) is 18.2 Å². The van der Waals surface area contributed by atoms with Crippen LogP contribution in [0.5, 0.6) is 0 Å². The summed E-state index contributed by atoms with van der Waals surface area (Å²) >= 11 is 0. The summed E-state index contributed by atoms with van der Waals surface area (Å²) in [6.07, 6.45) is 0. The van der Waals surface area contributed by atoms with Crippen LogP contribution >= 0.6 is 10.5 Å². The molecule has 110 valence electrons. The molecular weight excluding hydrogens is 368 g/mol. The maximum atomic E-state index is 13.4. The Bertz CT molecular complexity index is 762. The first-order chi connectivity index (χ1) is 9.47. The van der Waals surface area contributed by atoms with Gasteiger partial charge in [0.25, 0.3) is 0 Å². The Hall–Kier alpha value is -1.40. The van der Waals surface area contributed by atoms with Crippen LogP contribution in [0.25, 0.3) is 20.5 Å². The first-order valence-corrected chi connectivity index (χ1v) is 7.07. The number of halogens is 5. The first kappa shape index (κ1) is 16.0. The highest BCUT2D eigenvalue weighted by Gasteiger charge is 2.48. The third-order valence-electron chi connectivity index (χ3n) is 2.99. The quantitative estimate of drug-likeness (QED) is 0.452. The van der Waals surface area contributed by atoms with Gasteiger partial charge in [0.1, 0.15) is 16.3 Å². The average molecular weight is 377 g/mol. The van der Waals surface area contributed by atoms with Crippen molar-refractivity contribution in [1.82, 2.24) is 0 Å². The topological polar surface area (TPSA) is 0 Å². The van der Waals surface area contributed by atoms with Crippen molar-refractivity contribution in [1.29, 1.82) is 0 Å². The van der Waals surface area contributed by atoms with Crippen LogP contribution < -0.4 is 17.0 Å². The number of thiophene rings is 1. The number of hydrogen-bond acceptors (Lipinski definition) is 0. The molecule has 3 aromatic rings. The summed E-state index contributed by atoms with van der Waals surface area (Å²) in [6, 6.07) is 13.5. The Balaban J connectivity index is 0.00000161. The molecule has 0 saturated carbocycles. The highest BCUT2D eigenvalue weighted by Crippen LogP contribution is 2.54. The van der Waals surface area contributed by atoms with E-state index in [0.717, 1.165) is 6.07 Å². The number of benzene rings is 2. The molecule has 0 fully saturated rings. The molecule has 0 aliphatic rings. The van der Waals surface area contributed by atoms with E-state index in [2.05, 4.69) is 0 Å². The highest BCUT2D eigenvalue weighted by atomic mass is 79.9. The van der Waals surface area contributed by atoms with Gasteiger partial charge in [0.15, 0.2) is 9.58 Å². The first-order valence-electron chi connectivity index (χ1n) is 5.84. The van der Waals surface area contributed by atoms with Crippen LogP contribution in [-0.2, 0) is 5.51 Å². The maximum absolute atomic E-state index is 13.4. The zero-order valence-corrected chi connectivity index (χ0v) is 12.9. The van der Waals surface area contributed by atoms with Gasteiger partial charge < -0.3 is 17.0 Å². The van der Waals surface area contributed by atoms with Crippen molar-refractivity contribution >= 4 is 20.6 Å². The van der Waals surface area contributed by atoms with Gasteiger partial charge >= 0.3 is 5.51 Å². The van der Waals surface area contributed by atoms with E-state index in [-0.39, 0.29) is 26.6 Å². The molecule has 1 atom stereocenters. The lowest BCUT2D eigenvalue weighted by molar-refractivity contribution is -0.0864. The van der Waals surface area contributed by atoms with E-state index in [4.69, 9.17) is 0 Å². The molecular formula is C15H9BrF4S. The Kier molecular flexibility index (Phi) is 4.39. The van der Waals surface area contributed by atoms with E-state index in [1.54, 1.807) is 30.3 Å². The lowest BCUT2D eigenvalue weighted by Crippen LogP contribution is -3.00. The molecule has 1 aromatic heterocycles. The van der Waals surface area contributed by atoms with E-state index >= 15 is 0 Å². The monoisotopic (exact) mass is 376 g/mol. The zero-order chi connectivity index (χ0) is 14.3. The van der Waals surface area contributed by atoms with Crippen molar-refractivity contribution in [3.8, 4) is 10.4 Å². The van der Waals surface area contributed by atoms with Gasteiger partial charge in [-0.3, -0.25) is 0 Å². The largest absolute Gasteiger partial charge is 1.00 e. The van der Waals surface area contributed by atoms with E-state index in [0.29, 0.717) is 10.9 Å². The van der Waals surface area contributed by atoms with Gasteiger partial charge in [-0.15, -0.1) is 13.2 Å². The smallest absolute Gasteiger partial charge is 0.601 e. The molecule has 1 heterocycles. The van der Waals surface area contributed by atoms with Crippen molar-refractivity contribution in [3.05, 3.63) is 60.4 Å². The molecule has 0 aliphatic carbocycles. The molecule has 0 spiro atoms. The molecule has 0 bridgehead atoms. The second-order valence-electron chi connectivity index (χ2n) is 4.31. The summed E-state index contributed by atoms with van der Waals surface area (Å²) in [5, 5.41) is 0.436. The number of fused-ring (bicyclic) bond motifs is 1. The molecule has 21 heavy (non-hydrogen) atoms. The predicted molar refractivity (Wildman–Crippen MR) is 73.1 cm³/mol. The fourth-order valence-corrected chi connectivity index (χ4v) is 4.12. The minimum Gasteiger partial charge on any atom is -1.00 e. The second-order valence-corrected chi connectivity index (χ2v) is 6.26. The summed E-state index contributed by atoms with van der Waals surface area (Å²) in [4.78, 5) is 0.193.